The van der Waals surface area contributed by atoms with Crippen LogP contribution in [0.25, 0.3) is 0 Å². The maximum absolute atomic E-state index is 11.1. The van der Waals surface area contributed by atoms with Gasteiger partial charge in [-0.25, -0.2) is 0 Å². The zero-order valence-corrected chi connectivity index (χ0v) is 11.7. The van der Waals surface area contributed by atoms with Crippen molar-refractivity contribution in [2.45, 2.75) is 13.3 Å². The fraction of sp³-hybridized carbons (Fsp3) is 0.188. The van der Waals surface area contributed by atoms with Crippen molar-refractivity contribution in [3.8, 4) is 6.07 Å². The van der Waals surface area contributed by atoms with Crippen LogP contribution < -0.4 is 5.32 Å². The molecule has 0 aromatic heterocycles. The van der Waals surface area contributed by atoms with Gasteiger partial charge in [-0.2, -0.15) is 5.26 Å². The first kappa shape index (κ1) is 14.5. The topological polar surface area (TPSA) is 79.0 Å². The number of nitro benzene ring substituents is 1. The van der Waals surface area contributed by atoms with Crippen LogP contribution in [-0.2, 0) is 6.42 Å². The molecule has 0 aliphatic rings. The molecule has 0 aliphatic carbocycles. The van der Waals surface area contributed by atoms with Crippen LogP contribution in [0.3, 0.4) is 0 Å². The lowest BCUT2D eigenvalue weighted by molar-refractivity contribution is -0.384. The van der Waals surface area contributed by atoms with E-state index in [0.29, 0.717) is 12.2 Å². The summed E-state index contributed by atoms with van der Waals surface area (Å²) in [5, 5.41) is 23.1. The van der Waals surface area contributed by atoms with Crippen LogP contribution >= 0.6 is 0 Å². The quantitative estimate of drug-likeness (QED) is 0.672. The van der Waals surface area contributed by atoms with Gasteiger partial charge in [0.2, 0.25) is 0 Å². The van der Waals surface area contributed by atoms with E-state index in [9.17, 15) is 10.1 Å². The lowest BCUT2D eigenvalue weighted by atomic mass is 10.1. The lowest BCUT2D eigenvalue weighted by Crippen LogP contribution is -2.07. The number of benzene rings is 2. The molecule has 0 unspecified atom stereocenters. The summed E-state index contributed by atoms with van der Waals surface area (Å²) in [6.45, 7) is 2.59. The normalized spacial score (nSPS) is 9.90. The van der Waals surface area contributed by atoms with Crippen LogP contribution in [0, 0.1) is 28.4 Å². The van der Waals surface area contributed by atoms with Gasteiger partial charge in [-0.05, 0) is 31.0 Å². The second kappa shape index (κ2) is 6.53. The van der Waals surface area contributed by atoms with Crippen molar-refractivity contribution in [1.29, 1.82) is 5.26 Å². The smallest absolute Gasteiger partial charge is 0.309 e. The van der Waals surface area contributed by atoms with Crippen molar-refractivity contribution >= 4 is 11.4 Å². The number of hydrogen-bond acceptors (Lipinski definition) is 4. The minimum Gasteiger partial charge on any atom is -0.379 e. The molecule has 0 fully saturated rings. The van der Waals surface area contributed by atoms with Crippen LogP contribution in [0.2, 0.25) is 0 Å². The molecular weight excluding hydrogens is 266 g/mol. The van der Waals surface area contributed by atoms with Gasteiger partial charge in [0.15, 0.2) is 0 Å². The van der Waals surface area contributed by atoms with Gasteiger partial charge < -0.3 is 5.32 Å². The van der Waals surface area contributed by atoms with Crippen molar-refractivity contribution in [3.63, 3.8) is 0 Å². The Hall–Kier alpha value is -2.87. The fourth-order valence-corrected chi connectivity index (χ4v) is 2.18. The third-order valence-electron chi connectivity index (χ3n) is 3.15. The van der Waals surface area contributed by atoms with Crippen molar-refractivity contribution in [1.82, 2.24) is 0 Å². The van der Waals surface area contributed by atoms with Gasteiger partial charge in [-0.15, -0.1) is 0 Å². The molecule has 2 aromatic rings. The Bertz CT molecular complexity index is 705. The second-order valence-electron chi connectivity index (χ2n) is 4.74. The zero-order chi connectivity index (χ0) is 15.2. The molecule has 1 N–H and O–H groups in total. The highest BCUT2D eigenvalue weighted by molar-refractivity contribution is 5.68. The molecule has 0 bridgehead atoms. The van der Waals surface area contributed by atoms with Gasteiger partial charge in [-0.3, -0.25) is 10.1 Å². The number of nitrogens with zero attached hydrogens (tertiary/aromatic N) is 2. The molecule has 0 heterocycles. The molecule has 5 nitrogen and oxygen atoms in total. The standard InChI is InChI=1S/C16H15N3O2/c1-12-4-2-5-13(10-12)8-9-18-15-7-3-6-14(11-17)16(15)19(20)21/h2-7,10,18H,8-9H2,1H3. The van der Waals surface area contributed by atoms with E-state index in [2.05, 4.69) is 11.4 Å². The van der Waals surface area contributed by atoms with E-state index in [-0.39, 0.29) is 11.3 Å². The van der Waals surface area contributed by atoms with E-state index in [1.807, 2.05) is 31.2 Å². The van der Waals surface area contributed by atoms with Crippen LogP contribution in [0.4, 0.5) is 11.4 Å². The maximum atomic E-state index is 11.1. The molecule has 2 aromatic carbocycles. The Morgan fingerprint density at radius 1 is 1.29 bits per heavy atom. The third kappa shape index (κ3) is 3.57. The Kier molecular flexibility index (Phi) is 4.52. The zero-order valence-electron chi connectivity index (χ0n) is 11.7. The third-order valence-corrected chi connectivity index (χ3v) is 3.15. The van der Waals surface area contributed by atoms with E-state index in [4.69, 9.17) is 5.26 Å². The first-order valence-corrected chi connectivity index (χ1v) is 6.58. The molecule has 0 amide bonds. The van der Waals surface area contributed by atoms with Crippen molar-refractivity contribution < 1.29 is 4.92 Å². The highest BCUT2D eigenvalue weighted by Crippen LogP contribution is 2.27. The summed E-state index contributed by atoms with van der Waals surface area (Å²) < 4.78 is 0. The molecule has 5 heteroatoms. The molecule has 0 spiro atoms. The summed E-state index contributed by atoms with van der Waals surface area (Å²) >= 11 is 0. The highest BCUT2D eigenvalue weighted by atomic mass is 16.6. The number of para-hydroxylation sites is 1. The molecule has 2 rings (SSSR count). The molecule has 0 atom stereocenters. The van der Waals surface area contributed by atoms with Gasteiger partial charge >= 0.3 is 5.69 Å². The first-order valence-electron chi connectivity index (χ1n) is 6.58. The number of aryl methyl sites for hydroxylation is 1. The summed E-state index contributed by atoms with van der Waals surface area (Å²) in [4.78, 5) is 10.6. The number of hydrogen-bond donors (Lipinski definition) is 1. The molecule has 0 aliphatic heterocycles. The van der Waals surface area contributed by atoms with Gasteiger partial charge in [-0.1, -0.05) is 35.9 Å². The maximum Gasteiger partial charge on any atom is 0.309 e. The number of rotatable bonds is 5. The van der Waals surface area contributed by atoms with Gasteiger partial charge in [0.1, 0.15) is 17.3 Å². The second-order valence-corrected chi connectivity index (χ2v) is 4.74. The number of nitrogens with one attached hydrogen (secondary N) is 1. The average Bonchev–Trinajstić information content (AvgIpc) is 2.46. The Morgan fingerprint density at radius 2 is 2.05 bits per heavy atom. The van der Waals surface area contributed by atoms with Gasteiger partial charge in [0.05, 0.1) is 4.92 Å². The minimum absolute atomic E-state index is 0.0700. The number of nitro groups is 1. The summed E-state index contributed by atoms with van der Waals surface area (Å²) in [5.74, 6) is 0. The monoisotopic (exact) mass is 281 g/mol. The molecule has 21 heavy (non-hydrogen) atoms. The number of anilines is 1. The highest BCUT2D eigenvalue weighted by Gasteiger charge is 2.18. The Labute approximate surface area is 123 Å². The molecule has 106 valence electrons. The molecular formula is C16H15N3O2. The lowest BCUT2D eigenvalue weighted by Gasteiger charge is -2.08. The minimum atomic E-state index is -0.520. The van der Waals surface area contributed by atoms with Gasteiger partial charge in [0, 0.05) is 6.54 Å². The van der Waals surface area contributed by atoms with Crippen molar-refractivity contribution in [2.24, 2.45) is 0 Å². The fourth-order valence-electron chi connectivity index (χ4n) is 2.18. The van der Waals surface area contributed by atoms with Crippen LogP contribution in [0.15, 0.2) is 42.5 Å². The van der Waals surface area contributed by atoms with Crippen molar-refractivity contribution in [2.75, 3.05) is 11.9 Å². The summed E-state index contributed by atoms with van der Waals surface area (Å²) in [7, 11) is 0. The summed E-state index contributed by atoms with van der Waals surface area (Å²) in [6, 6.07) is 14.7. The van der Waals surface area contributed by atoms with E-state index < -0.39 is 4.92 Å². The summed E-state index contributed by atoms with van der Waals surface area (Å²) in [5.41, 5.74) is 2.64. The largest absolute Gasteiger partial charge is 0.379 e. The SMILES string of the molecule is Cc1cccc(CCNc2cccc(C#N)c2[N+](=O)[O-])c1. The number of nitriles is 1. The average molecular weight is 281 g/mol. The van der Waals surface area contributed by atoms with E-state index in [1.165, 1.54) is 17.2 Å². The predicted octanol–water partition coefficient (Wildman–Crippen LogP) is 3.43. The Balaban J connectivity index is 2.10. The van der Waals surface area contributed by atoms with Gasteiger partial charge in [0.25, 0.3) is 0 Å². The van der Waals surface area contributed by atoms with Crippen LogP contribution in [0.1, 0.15) is 16.7 Å². The van der Waals surface area contributed by atoms with Crippen LogP contribution in [-0.4, -0.2) is 11.5 Å². The summed E-state index contributed by atoms with van der Waals surface area (Å²) in [6.07, 6.45) is 0.760. The molecule has 0 radical (unpaired) electrons. The van der Waals surface area contributed by atoms with Crippen LogP contribution in [0.5, 0.6) is 0 Å². The van der Waals surface area contributed by atoms with Crippen molar-refractivity contribution in [3.05, 3.63) is 69.3 Å². The van der Waals surface area contributed by atoms with E-state index >= 15 is 0 Å². The Morgan fingerprint density at radius 3 is 2.71 bits per heavy atom. The first-order chi connectivity index (χ1) is 10.1. The molecule has 0 saturated heterocycles. The molecule has 0 saturated carbocycles. The van der Waals surface area contributed by atoms with E-state index in [1.54, 1.807) is 12.1 Å². The predicted molar refractivity (Wildman–Crippen MR) is 81.2 cm³/mol. The van der Waals surface area contributed by atoms with E-state index in [0.717, 1.165) is 6.42 Å².